The first-order valence-corrected chi connectivity index (χ1v) is 6.67. The van der Waals surface area contributed by atoms with Gasteiger partial charge in [0, 0.05) is 12.7 Å². The molecular formula is C16H17NO4. The molecule has 0 radical (unpaired) electrons. The number of hydrogen-bond donors (Lipinski definition) is 1. The number of aromatic nitrogens is 1. The van der Waals surface area contributed by atoms with Gasteiger partial charge in [-0.05, 0) is 42.7 Å². The molecule has 0 aliphatic heterocycles. The fourth-order valence-electron chi connectivity index (χ4n) is 2.16. The monoisotopic (exact) mass is 287 g/mol. The third-order valence-electron chi connectivity index (χ3n) is 3.25. The SMILES string of the molecule is COc1cccc(CCCn2cccc(C(=O)O)c2=O)c1. The molecule has 5 heteroatoms. The molecule has 5 nitrogen and oxygen atoms in total. The van der Waals surface area contributed by atoms with E-state index in [9.17, 15) is 9.59 Å². The van der Waals surface area contributed by atoms with E-state index < -0.39 is 11.5 Å². The van der Waals surface area contributed by atoms with Crippen LogP contribution >= 0.6 is 0 Å². The molecule has 0 fully saturated rings. The van der Waals surface area contributed by atoms with Crippen molar-refractivity contribution < 1.29 is 14.6 Å². The molecule has 0 saturated carbocycles. The highest BCUT2D eigenvalue weighted by Gasteiger charge is 2.09. The normalized spacial score (nSPS) is 10.3. The molecule has 1 heterocycles. The van der Waals surface area contributed by atoms with E-state index in [1.54, 1.807) is 19.4 Å². The first-order chi connectivity index (χ1) is 10.1. The Morgan fingerprint density at radius 1 is 1.29 bits per heavy atom. The van der Waals surface area contributed by atoms with Crippen LogP contribution in [0.3, 0.4) is 0 Å². The second-order valence-corrected chi connectivity index (χ2v) is 4.68. The average molecular weight is 287 g/mol. The van der Waals surface area contributed by atoms with Gasteiger partial charge in [0.05, 0.1) is 7.11 Å². The van der Waals surface area contributed by atoms with E-state index in [0.29, 0.717) is 6.54 Å². The molecule has 0 spiro atoms. The first-order valence-electron chi connectivity index (χ1n) is 6.67. The van der Waals surface area contributed by atoms with E-state index in [1.165, 1.54) is 10.6 Å². The number of aromatic carboxylic acids is 1. The predicted molar refractivity (Wildman–Crippen MR) is 79.0 cm³/mol. The van der Waals surface area contributed by atoms with Crippen molar-refractivity contribution in [2.45, 2.75) is 19.4 Å². The van der Waals surface area contributed by atoms with Gasteiger partial charge in [0.25, 0.3) is 5.56 Å². The van der Waals surface area contributed by atoms with E-state index >= 15 is 0 Å². The minimum Gasteiger partial charge on any atom is -0.497 e. The Morgan fingerprint density at radius 3 is 2.81 bits per heavy atom. The molecule has 0 unspecified atom stereocenters. The van der Waals surface area contributed by atoms with Crippen LogP contribution in [0.25, 0.3) is 0 Å². The summed E-state index contributed by atoms with van der Waals surface area (Å²) in [5.41, 5.74) is 0.464. The zero-order valence-corrected chi connectivity index (χ0v) is 11.8. The van der Waals surface area contributed by atoms with Gasteiger partial charge in [-0.2, -0.15) is 0 Å². The van der Waals surface area contributed by atoms with Crippen molar-refractivity contribution in [3.05, 3.63) is 64.1 Å². The van der Waals surface area contributed by atoms with Gasteiger partial charge in [-0.25, -0.2) is 4.79 Å². The number of carboxylic acids is 1. The average Bonchev–Trinajstić information content (AvgIpc) is 2.49. The maximum absolute atomic E-state index is 11.9. The van der Waals surface area contributed by atoms with Crippen LogP contribution in [0.4, 0.5) is 0 Å². The van der Waals surface area contributed by atoms with E-state index in [-0.39, 0.29) is 5.56 Å². The molecule has 2 rings (SSSR count). The summed E-state index contributed by atoms with van der Waals surface area (Å²) < 4.78 is 6.59. The second-order valence-electron chi connectivity index (χ2n) is 4.68. The molecule has 1 aromatic heterocycles. The molecule has 0 atom stereocenters. The summed E-state index contributed by atoms with van der Waals surface area (Å²) in [4.78, 5) is 22.8. The molecule has 2 aromatic rings. The Bertz CT molecular complexity index is 691. The van der Waals surface area contributed by atoms with Crippen molar-refractivity contribution in [3.63, 3.8) is 0 Å². The summed E-state index contributed by atoms with van der Waals surface area (Å²) in [6.07, 6.45) is 3.15. The van der Waals surface area contributed by atoms with Gasteiger partial charge in [0.15, 0.2) is 0 Å². The molecule has 21 heavy (non-hydrogen) atoms. The number of hydrogen-bond acceptors (Lipinski definition) is 3. The number of carboxylic acid groups (broad SMARTS) is 1. The van der Waals surface area contributed by atoms with Crippen molar-refractivity contribution in [1.29, 1.82) is 0 Å². The van der Waals surface area contributed by atoms with Gasteiger partial charge in [0.2, 0.25) is 0 Å². The van der Waals surface area contributed by atoms with Crippen LogP contribution in [0, 0.1) is 0 Å². The number of ether oxygens (including phenoxy) is 1. The van der Waals surface area contributed by atoms with E-state index in [0.717, 1.165) is 24.2 Å². The highest BCUT2D eigenvalue weighted by molar-refractivity contribution is 5.86. The standard InChI is InChI=1S/C16H17NO4/c1-21-13-7-2-5-12(11-13)6-3-9-17-10-4-8-14(15(17)18)16(19)20/h2,4-5,7-8,10-11H,3,6,9H2,1H3,(H,19,20). The van der Waals surface area contributed by atoms with Crippen molar-refractivity contribution in [2.24, 2.45) is 0 Å². The highest BCUT2D eigenvalue weighted by Crippen LogP contribution is 2.14. The number of rotatable bonds is 6. The van der Waals surface area contributed by atoms with Crippen LogP contribution in [0.1, 0.15) is 22.3 Å². The Balaban J connectivity index is 2.02. The number of nitrogens with zero attached hydrogens (tertiary/aromatic N) is 1. The maximum Gasteiger partial charge on any atom is 0.341 e. The lowest BCUT2D eigenvalue weighted by Gasteiger charge is -2.07. The molecule has 0 amide bonds. The summed E-state index contributed by atoms with van der Waals surface area (Å²) in [6.45, 7) is 0.483. The lowest BCUT2D eigenvalue weighted by molar-refractivity contribution is 0.0694. The number of methoxy groups -OCH3 is 1. The van der Waals surface area contributed by atoms with E-state index in [2.05, 4.69) is 0 Å². The molecule has 0 bridgehead atoms. The van der Waals surface area contributed by atoms with Gasteiger partial charge in [-0.1, -0.05) is 12.1 Å². The van der Waals surface area contributed by atoms with Crippen LogP contribution in [-0.2, 0) is 13.0 Å². The number of carbonyl (C=O) groups is 1. The molecule has 110 valence electrons. The molecule has 0 aliphatic carbocycles. The summed E-state index contributed by atoms with van der Waals surface area (Å²) in [7, 11) is 1.62. The lowest BCUT2D eigenvalue weighted by atomic mass is 10.1. The fourth-order valence-corrected chi connectivity index (χ4v) is 2.16. The number of benzene rings is 1. The van der Waals surface area contributed by atoms with Gasteiger partial charge in [-0.15, -0.1) is 0 Å². The maximum atomic E-state index is 11.9. The third kappa shape index (κ3) is 3.72. The highest BCUT2D eigenvalue weighted by atomic mass is 16.5. The van der Waals surface area contributed by atoms with Crippen LogP contribution in [0.15, 0.2) is 47.4 Å². The van der Waals surface area contributed by atoms with Crippen LogP contribution in [0.2, 0.25) is 0 Å². The topological polar surface area (TPSA) is 68.5 Å². The molecular weight excluding hydrogens is 270 g/mol. The fraction of sp³-hybridized carbons (Fsp3) is 0.250. The van der Waals surface area contributed by atoms with Crippen LogP contribution in [0.5, 0.6) is 5.75 Å². The first kappa shape index (κ1) is 14.8. The molecule has 0 aliphatic rings. The summed E-state index contributed by atoms with van der Waals surface area (Å²) >= 11 is 0. The van der Waals surface area contributed by atoms with Gasteiger partial charge >= 0.3 is 5.97 Å². The molecule has 1 aromatic carbocycles. The van der Waals surface area contributed by atoms with Crippen molar-refractivity contribution >= 4 is 5.97 Å². The third-order valence-corrected chi connectivity index (χ3v) is 3.25. The minimum atomic E-state index is -1.19. The summed E-state index contributed by atoms with van der Waals surface area (Å²) in [6, 6.07) is 10.7. The summed E-state index contributed by atoms with van der Waals surface area (Å²) in [5, 5.41) is 8.92. The van der Waals surface area contributed by atoms with Crippen molar-refractivity contribution in [3.8, 4) is 5.75 Å². The zero-order chi connectivity index (χ0) is 15.2. The Kier molecular flexibility index (Phi) is 4.77. The largest absolute Gasteiger partial charge is 0.497 e. The van der Waals surface area contributed by atoms with Gasteiger partial charge < -0.3 is 14.4 Å². The Morgan fingerprint density at radius 2 is 2.10 bits per heavy atom. The van der Waals surface area contributed by atoms with Gasteiger partial charge in [-0.3, -0.25) is 4.79 Å². The van der Waals surface area contributed by atoms with Crippen LogP contribution < -0.4 is 10.3 Å². The quantitative estimate of drug-likeness (QED) is 0.884. The predicted octanol–water partition coefficient (Wildman–Crippen LogP) is 2.19. The number of pyridine rings is 1. The van der Waals surface area contributed by atoms with Gasteiger partial charge in [0.1, 0.15) is 11.3 Å². The Labute approximate surface area is 122 Å². The summed E-state index contributed by atoms with van der Waals surface area (Å²) in [5.74, 6) is -0.389. The zero-order valence-electron chi connectivity index (χ0n) is 11.8. The molecule has 1 N–H and O–H groups in total. The van der Waals surface area contributed by atoms with Crippen LogP contribution in [-0.4, -0.2) is 22.8 Å². The van der Waals surface area contributed by atoms with Crippen molar-refractivity contribution in [2.75, 3.05) is 7.11 Å². The smallest absolute Gasteiger partial charge is 0.341 e. The minimum absolute atomic E-state index is 0.195. The lowest BCUT2D eigenvalue weighted by Crippen LogP contribution is -2.25. The molecule has 0 saturated heterocycles. The number of aryl methyl sites for hydroxylation is 2. The Hall–Kier alpha value is -2.56. The second kappa shape index (κ2) is 6.74. The van der Waals surface area contributed by atoms with E-state index in [1.807, 2.05) is 24.3 Å². The van der Waals surface area contributed by atoms with Crippen molar-refractivity contribution in [1.82, 2.24) is 4.57 Å². The van der Waals surface area contributed by atoms with E-state index in [4.69, 9.17) is 9.84 Å².